The second-order valence-corrected chi connectivity index (χ2v) is 5.44. The Morgan fingerprint density at radius 1 is 1.25 bits per heavy atom. The third kappa shape index (κ3) is 3.94. The molecule has 0 aliphatic heterocycles. The molecule has 1 unspecified atom stereocenters. The Bertz CT molecular complexity index is 531. The van der Waals surface area contributed by atoms with Gasteiger partial charge in [-0.25, -0.2) is 0 Å². The monoisotopic (exact) mass is 271 g/mol. The molecule has 0 fully saturated rings. The molecule has 0 aliphatic rings. The highest BCUT2D eigenvalue weighted by atomic mass is 15.2. The molecule has 2 rings (SSSR count). The maximum atomic E-state index is 4.52. The highest BCUT2D eigenvalue weighted by Gasteiger charge is 2.15. The molecule has 0 radical (unpaired) electrons. The molecule has 0 bridgehead atoms. The van der Waals surface area contributed by atoms with Crippen molar-refractivity contribution in [3.05, 3.63) is 53.3 Å². The van der Waals surface area contributed by atoms with E-state index >= 15 is 0 Å². The molecule has 3 nitrogen and oxygen atoms in total. The zero-order valence-corrected chi connectivity index (χ0v) is 12.8. The first-order chi connectivity index (χ1) is 9.70. The van der Waals surface area contributed by atoms with Gasteiger partial charge in [0, 0.05) is 25.7 Å². The number of aryl methyl sites for hydroxylation is 2. The van der Waals surface area contributed by atoms with Crippen LogP contribution in [0.4, 0.5) is 0 Å². The van der Waals surface area contributed by atoms with E-state index in [0.29, 0.717) is 5.92 Å². The fourth-order valence-corrected chi connectivity index (χ4v) is 2.61. The molecular formula is C17H25N3. The normalized spacial score (nSPS) is 12.6. The van der Waals surface area contributed by atoms with Crippen LogP contribution in [0.5, 0.6) is 0 Å². The quantitative estimate of drug-likeness (QED) is 0.784. The Kier molecular flexibility index (Phi) is 5.36. The predicted molar refractivity (Wildman–Crippen MR) is 84.0 cm³/mol. The van der Waals surface area contributed by atoms with Crippen molar-refractivity contribution >= 4 is 0 Å². The van der Waals surface area contributed by atoms with E-state index in [1.165, 1.54) is 23.2 Å². The maximum absolute atomic E-state index is 4.52. The predicted octanol–water partition coefficient (Wildman–Crippen LogP) is 3.05. The Balaban J connectivity index is 2.13. The summed E-state index contributed by atoms with van der Waals surface area (Å²) < 4.78 is 1.88. The average Bonchev–Trinajstić information content (AvgIpc) is 2.84. The van der Waals surface area contributed by atoms with Gasteiger partial charge in [0.1, 0.15) is 0 Å². The lowest BCUT2D eigenvalue weighted by Gasteiger charge is -2.19. The molecule has 1 aromatic heterocycles. The van der Waals surface area contributed by atoms with Crippen LogP contribution in [0, 0.1) is 6.92 Å². The summed E-state index contributed by atoms with van der Waals surface area (Å²) in [6.45, 7) is 6.48. The molecule has 0 spiro atoms. The van der Waals surface area contributed by atoms with Crippen LogP contribution in [0.1, 0.15) is 36.1 Å². The summed E-state index contributed by atoms with van der Waals surface area (Å²) >= 11 is 0. The molecule has 1 N–H and O–H groups in total. The molecule has 0 aliphatic carbocycles. The molecule has 0 amide bonds. The zero-order valence-electron chi connectivity index (χ0n) is 12.8. The van der Waals surface area contributed by atoms with Crippen molar-refractivity contribution in [2.24, 2.45) is 7.05 Å². The standard InChI is InChI=1S/C17H25N3/c1-4-10-18-13-15(12-16-9-11-20(3)19-16)17-8-6-5-7-14(17)2/h5-9,11,15,18H,4,10,12-13H2,1-3H3. The van der Waals surface area contributed by atoms with Crippen LogP contribution in [0.15, 0.2) is 36.5 Å². The van der Waals surface area contributed by atoms with Gasteiger partial charge in [-0.1, -0.05) is 31.2 Å². The molecule has 0 saturated carbocycles. The molecule has 1 heterocycles. The summed E-state index contributed by atoms with van der Waals surface area (Å²) in [5.41, 5.74) is 3.97. The van der Waals surface area contributed by atoms with Gasteiger partial charge in [0.2, 0.25) is 0 Å². The summed E-state index contributed by atoms with van der Waals surface area (Å²) in [6.07, 6.45) is 4.18. The van der Waals surface area contributed by atoms with E-state index in [-0.39, 0.29) is 0 Å². The number of nitrogens with one attached hydrogen (secondary N) is 1. The van der Waals surface area contributed by atoms with Gasteiger partial charge < -0.3 is 5.32 Å². The van der Waals surface area contributed by atoms with E-state index in [9.17, 15) is 0 Å². The summed E-state index contributed by atoms with van der Waals surface area (Å²) in [5.74, 6) is 0.484. The van der Waals surface area contributed by atoms with Gasteiger partial charge in [0.15, 0.2) is 0 Å². The molecular weight excluding hydrogens is 246 g/mol. The van der Waals surface area contributed by atoms with Crippen molar-refractivity contribution in [3.63, 3.8) is 0 Å². The SMILES string of the molecule is CCCNCC(Cc1ccn(C)n1)c1ccccc1C. The Hall–Kier alpha value is -1.61. The number of aromatic nitrogens is 2. The lowest BCUT2D eigenvalue weighted by Crippen LogP contribution is -2.24. The lowest BCUT2D eigenvalue weighted by molar-refractivity contribution is 0.566. The topological polar surface area (TPSA) is 29.9 Å². The molecule has 3 heteroatoms. The van der Waals surface area contributed by atoms with Crippen LogP contribution < -0.4 is 5.32 Å². The van der Waals surface area contributed by atoms with E-state index in [2.05, 4.69) is 54.6 Å². The van der Waals surface area contributed by atoms with Crippen LogP contribution in [-0.2, 0) is 13.5 Å². The van der Waals surface area contributed by atoms with Crippen LogP contribution in [0.3, 0.4) is 0 Å². The average molecular weight is 271 g/mol. The van der Waals surface area contributed by atoms with Crippen molar-refractivity contribution in [3.8, 4) is 0 Å². The second kappa shape index (κ2) is 7.25. The van der Waals surface area contributed by atoms with Gasteiger partial charge >= 0.3 is 0 Å². The minimum Gasteiger partial charge on any atom is -0.316 e. The largest absolute Gasteiger partial charge is 0.316 e. The smallest absolute Gasteiger partial charge is 0.0631 e. The molecule has 108 valence electrons. The zero-order chi connectivity index (χ0) is 14.4. The van der Waals surface area contributed by atoms with E-state index in [0.717, 1.165) is 19.5 Å². The van der Waals surface area contributed by atoms with E-state index < -0.39 is 0 Å². The van der Waals surface area contributed by atoms with Crippen LogP contribution >= 0.6 is 0 Å². The summed E-state index contributed by atoms with van der Waals surface area (Å²) in [7, 11) is 1.97. The maximum Gasteiger partial charge on any atom is 0.0631 e. The number of hydrogen-bond donors (Lipinski definition) is 1. The van der Waals surface area contributed by atoms with E-state index in [1.54, 1.807) is 0 Å². The van der Waals surface area contributed by atoms with Crippen LogP contribution in [0.25, 0.3) is 0 Å². The molecule has 1 aromatic carbocycles. The molecule has 20 heavy (non-hydrogen) atoms. The van der Waals surface area contributed by atoms with Crippen molar-refractivity contribution in [1.82, 2.24) is 15.1 Å². The van der Waals surface area contributed by atoms with Gasteiger partial charge in [0.05, 0.1) is 5.69 Å². The van der Waals surface area contributed by atoms with Gasteiger partial charge in [0.25, 0.3) is 0 Å². The third-order valence-corrected chi connectivity index (χ3v) is 3.67. The highest BCUT2D eigenvalue weighted by molar-refractivity contribution is 5.30. The van der Waals surface area contributed by atoms with Crippen LogP contribution in [0.2, 0.25) is 0 Å². The number of hydrogen-bond acceptors (Lipinski definition) is 2. The van der Waals surface area contributed by atoms with Crippen molar-refractivity contribution in [2.45, 2.75) is 32.6 Å². The Labute approximate surface area is 122 Å². The fraction of sp³-hybridized carbons (Fsp3) is 0.471. The molecule has 0 saturated heterocycles. The number of benzene rings is 1. The summed E-state index contributed by atoms with van der Waals surface area (Å²) in [5, 5.41) is 8.08. The van der Waals surface area contributed by atoms with Gasteiger partial charge in [-0.15, -0.1) is 0 Å². The van der Waals surface area contributed by atoms with Gasteiger partial charge in [-0.05, 0) is 43.5 Å². The first-order valence-corrected chi connectivity index (χ1v) is 7.45. The lowest BCUT2D eigenvalue weighted by atomic mass is 9.91. The second-order valence-electron chi connectivity index (χ2n) is 5.44. The number of rotatable bonds is 7. The van der Waals surface area contributed by atoms with E-state index in [4.69, 9.17) is 0 Å². The number of nitrogens with zero attached hydrogens (tertiary/aromatic N) is 2. The minimum absolute atomic E-state index is 0.484. The fourth-order valence-electron chi connectivity index (χ4n) is 2.61. The van der Waals surface area contributed by atoms with Gasteiger partial charge in [-0.3, -0.25) is 4.68 Å². The van der Waals surface area contributed by atoms with Crippen LogP contribution in [-0.4, -0.2) is 22.9 Å². The first-order valence-electron chi connectivity index (χ1n) is 7.45. The van der Waals surface area contributed by atoms with Crippen molar-refractivity contribution < 1.29 is 0 Å². The first kappa shape index (κ1) is 14.8. The van der Waals surface area contributed by atoms with Gasteiger partial charge in [-0.2, -0.15) is 5.10 Å². The summed E-state index contributed by atoms with van der Waals surface area (Å²) in [4.78, 5) is 0. The highest BCUT2D eigenvalue weighted by Crippen LogP contribution is 2.22. The third-order valence-electron chi connectivity index (χ3n) is 3.67. The minimum atomic E-state index is 0.484. The molecule has 2 aromatic rings. The molecule has 1 atom stereocenters. The van der Waals surface area contributed by atoms with E-state index in [1.807, 2.05) is 17.9 Å². The Morgan fingerprint density at radius 3 is 2.70 bits per heavy atom. The summed E-state index contributed by atoms with van der Waals surface area (Å²) in [6, 6.07) is 10.8. The van der Waals surface area contributed by atoms with Crippen molar-refractivity contribution in [2.75, 3.05) is 13.1 Å². The van der Waals surface area contributed by atoms with Crippen molar-refractivity contribution in [1.29, 1.82) is 0 Å². The Morgan fingerprint density at radius 2 is 2.05 bits per heavy atom.